The highest BCUT2D eigenvalue weighted by molar-refractivity contribution is 5.98. The van der Waals surface area contributed by atoms with Crippen molar-refractivity contribution < 1.29 is 19.1 Å². The molecule has 148 valence electrons. The van der Waals surface area contributed by atoms with Crippen LogP contribution in [0.2, 0.25) is 0 Å². The lowest BCUT2D eigenvalue weighted by Crippen LogP contribution is -2.54. The van der Waals surface area contributed by atoms with Crippen molar-refractivity contribution in [2.24, 2.45) is 17.6 Å². The van der Waals surface area contributed by atoms with Crippen molar-refractivity contribution in [1.29, 1.82) is 0 Å². The summed E-state index contributed by atoms with van der Waals surface area (Å²) >= 11 is 0. The summed E-state index contributed by atoms with van der Waals surface area (Å²) in [6, 6.07) is 5.78. The summed E-state index contributed by atoms with van der Waals surface area (Å²) in [6.45, 7) is 4.88. The average molecular weight is 375 g/mol. The van der Waals surface area contributed by atoms with Gasteiger partial charge in [0.15, 0.2) is 5.78 Å². The lowest BCUT2D eigenvalue weighted by Gasteiger charge is -2.35. The molecule has 7 nitrogen and oxygen atoms in total. The SMILES string of the molecule is CC[C@@H](C)[C@@H](NC(N)=O)C(=O)N1CCC(C(=O)c2ccc(OC)cc2)CC1. The van der Waals surface area contributed by atoms with Crippen LogP contribution in [0.1, 0.15) is 43.5 Å². The Morgan fingerprint density at radius 1 is 1.22 bits per heavy atom. The number of nitrogens with zero attached hydrogens (tertiary/aromatic N) is 1. The second-order valence-electron chi connectivity index (χ2n) is 7.06. The minimum absolute atomic E-state index is 0.0105. The number of methoxy groups -OCH3 is 1. The average Bonchev–Trinajstić information content (AvgIpc) is 2.70. The maximum absolute atomic E-state index is 12.8. The number of carbonyl (C=O) groups is 3. The number of carbonyl (C=O) groups excluding carboxylic acids is 3. The van der Waals surface area contributed by atoms with Crippen molar-refractivity contribution >= 4 is 17.7 Å². The van der Waals surface area contributed by atoms with Crippen molar-refractivity contribution in [3.8, 4) is 5.75 Å². The Kier molecular flexibility index (Phi) is 7.21. The first-order chi connectivity index (χ1) is 12.9. The van der Waals surface area contributed by atoms with Crippen LogP contribution < -0.4 is 15.8 Å². The van der Waals surface area contributed by atoms with Crippen molar-refractivity contribution in [2.45, 2.75) is 39.2 Å². The molecule has 0 spiro atoms. The van der Waals surface area contributed by atoms with E-state index in [-0.39, 0.29) is 23.5 Å². The molecule has 3 amide bonds. The van der Waals surface area contributed by atoms with E-state index in [1.54, 1.807) is 36.3 Å². The van der Waals surface area contributed by atoms with Crippen LogP contribution in [-0.2, 0) is 4.79 Å². The third kappa shape index (κ3) is 5.21. The molecule has 27 heavy (non-hydrogen) atoms. The number of amides is 3. The number of ether oxygens (including phenoxy) is 1. The normalized spacial score (nSPS) is 17.1. The number of hydrogen-bond acceptors (Lipinski definition) is 4. The molecule has 7 heteroatoms. The highest BCUT2D eigenvalue weighted by atomic mass is 16.5. The molecule has 0 unspecified atom stereocenters. The molecule has 1 saturated heterocycles. The highest BCUT2D eigenvalue weighted by Gasteiger charge is 2.33. The zero-order valence-corrected chi connectivity index (χ0v) is 16.2. The number of nitrogens with one attached hydrogen (secondary N) is 1. The maximum atomic E-state index is 12.8. The minimum atomic E-state index is -0.696. The topological polar surface area (TPSA) is 102 Å². The van der Waals surface area contributed by atoms with Gasteiger partial charge in [0, 0.05) is 24.6 Å². The molecular formula is C20H29N3O4. The summed E-state index contributed by atoms with van der Waals surface area (Å²) in [5.74, 6) is 0.569. The predicted molar refractivity (Wildman–Crippen MR) is 103 cm³/mol. The number of piperidine rings is 1. The Bertz CT molecular complexity index is 666. The summed E-state index contributed by atoms with van der Waals surface area (Å²) < 4.78 is 5.12. The van der Waals surface area contributed by atoms with Gasteiger partial charge in [-0.25, -0.2) is 4.79 Å². The van der Waals surface area contributed by atoms with Crippen LogP contribution in [0.3, 0.4) is 0 Å². The van der Waals surface area contributed by atoms with Gasteiger partial charge in [-0.05, 0) is 43.0 Å². The van der Waals surface area contributed by atoms with Gasteiger partial charge in [-0.3, -0.25) is 9.59 Å². The van der Waals surface area contributed by atoms with E-state index in [0.29, 0.717) is 37.2 Å². The molecule has 0 aliphatic carbocycles. The highest BCUT2D eigenvalue weighted by Crippen LogP contribution is 2.24. The van der Waals surface area contributed by atoms with Gasteiger partial charge in [0.05, 0.1) is 7.11 Å². The molecule has 0 saturated carbocycles. The molecule has 2 atom stereocenters. The standard InChI is InChI=1S/C20H29N3O4/c1-4-13(2)17(22-20(21)26)19(25)23-11-9-15(10-12-23)18(24)14-5-7-16(27-3)8-6-14/h5-8,13,15,17H,4,9-12H2,1-3H3,(H3,21,22,26)/t13-,17-/m1/s1. The lowest BCUT2D eigenvalue weighted by molar-refractivity contribution is -0.135. The quantitative estimate of drug-likeness (QED) is 0.713. The number of likely N-dealkylation sites (tertiary alicyclic amines) is 1. The molecule has 0 aromatic heterocycles. The fraction of sp³-hybridized carbons (Fsp3) is 0.550. The summed E-state index contributed by atoms with van der Waals surface area (Å²) in [6.07, 6.45) is 1.98. The van der Waals surface area contributed by atoms with Crippen LogP contribution in [0.25, 0.3) is 0 Å². The fourth-order valence-corrected chi connectivity index (χ4v) is 3.39. The monoisotopic (exact) mass is 375 g/mol. The number of benzene rings is 1. The third-order valence-electron chi connectivity index (χ3n) is 5.33. The molecule has 1 aliphatic rings. The summed E-state index contributed by atoms with van der Waals surface area (Å²) in [4.78, 5) is 38.5. The van der Waals surface area contributed by atoms with Crippen LogP contribution in [0.5, 0.6) is 5.75 Å². The third-order valence-corrected chi connectivity index (χ3v) is 5.33. The number of Topliss-reactive ketones (excluding diaryl/α,β-unsaturated/α-hetero) is 1. The molecule has 1 aromatic rings. The number of ketones is 1. The fourth-order valence-electron chi connectivity index (χ4n) is 3.39. The Morgan fingerprint density at radius 2 is 1.81 bits per heavy atom. The van der Waals surface area contributed by atoms with Crippen molar-refractivity contribution in [3.05, 3.63) is 29.8 Å². The minimum Gasteiger partial charge on any atom is -0.497 e. The first-order valence-corrected chi connectivity index (χ1v) is 9.40. The van der Waals surface area contributed by atoms with E-state index in [9.17, 15) is 14.4 Å². The van der Waals surface area contributed by atoms with E-state index >= 15 is 0 Å². The van der Waals surface area contributed by atoms with Crippen LogP contribution in [-0.4, -0.2) is 48.9 Å². The van der Waals surface area contributed by atoms with Crippen LogP contribution in [0, 0.1) is 11.8 Å². The molecule has 1 aliphatic heterocycles. The van der Waals surface area contributed by atoms with Crippen LogP contribution in [0.4, 0.5) is 4.79 Å². The Balaban J connectivity index is 1.97. The van der Waals surface area contributed by atoms with Gasteiger partial charge < -0.3 is 20.7 Å². The zero-order chi connectivity index (χ0) is 20.0. The molecule has 1 aromatic carbocycles. The van der Waals surface area contributed by atoms with E-state index < -0.39 is 12.1 Å². The summed E-state index contributed by atoms with van der Waals surface area (Å²) in [5, 5.41) is 2.57. The molecule has 1 heterocycles. The Morgan fingerprint density at radius 3 is 2.30 bits per heavy atom. The van der Waals surface area contributed by atoms with Gasteiger partial charge in [0.2, 0.25) is 5.91 Å². The van der Waals surface area contributed by atoms with Crippen molar-refractivity contribution in [1.82, 2.24) is 10.2 Å². The zero-order valence-electron chi connectivity index (χ0n) is 16.2. The van der Waals surface area contributed by atoms with Crippen LogP contribution in [0.15, 0.2) is 24.3 Å². The molecule has 1 fully saturated rings. The largest absolute Gasteiger partial charge is 0.497 e. The molecule has 2 rings (SSSR count). The molecular weight excluding hydrogens is 346 g/mol. The van der Waals surface area contributed by atoms with E-state index in [1.807, 2.05) is 13.8 Å². The smallest absolute Gasteiger partial charge is 0.312 e. The molecule has 3 N–H and O–H groups in total. The number of urea groups is 1. The second-order valence-corrected chi connectivity index (χ2v) is 7.06. The van der Waals surface area contributed by atoms with Gasteiger partial charge in [0.25, 0.3) is 0 Å². The first-order valence-electron chi connectivity index (χ1n) is 9.40. The summed E-state index contributed by atoms with van der Waals surface area (Å²) in [7, 11) is 1.59. The lowest BCUT2D eigenvalue weighted by atomic mass is 9.88. The van der Waals surface area contributed by atoms with Gasteiger partial charge in [-0.15, -0.1) is 0 Å². The van der Waals surface area contributed by atoms with Gasteiger partial charge in [0.1, 0.15) is 11.8 Å². The summed E-state index contributed by atoms with van der Waals surface area (Å²) in [5.41, 5.74) is 5.89. The number of nitrogens with two attached hydrogens (primary N) is 1. The molecule has 0 bridgehead atoms. The number of hydrogen-bond donors (Lipinski definition) is 2. The maximum Gasteiger partial charge on any atom is 0.312 e. The number of rotatable bonds is 7. The van der Waals surface area contributed by atoms with Crippen molar-refractivity contribution in [2.75, 3.05) is 20.2 Å². The Hall–Kier alpha value is -2.57. The Labute approximate surface area is 160 Å². The van der Waals surface area contributed by atoms with Gasteiger partial charge in [-0.2, -0.15) is 0 Å². The predicted octanol–water partition coefficient (Wildman–Crippen LogP) is 2.20. The van der Waals surface area contributed by atoms with E-state index in [1.165, 1.54) is 0 Å². The van der Waals surface area contributed by atoms with Crippen molar-refractivity contribution in [3.63, 3.8) is 0 Å². The second kappa shape index (κ2) is 9.39. The van der Waals surface area contributed by atoms with Gasteiger partial charge >= 0.3 is 6.03 Å². The molecule has 0 radical (unpaired) electrons. The first kappa shape index (κ1) is 20.7. The van der Waals surface area contributed by atoms with Gasteiger partial charge in [-0.1, -0.05) is 20.3 Å². The van der Waals surface area contributed by atoms with E-state index in [2.05, 4.69) is 5.32 Å². The van der Waals surface area contributed by atoms with E-state index in [4.69, 9.17) is 10.5 Å². The number of primary amides is 1. The van der Waals surface area contributed by atoms with E-state index in [0.717, 1.165) is 6.42 Å². The van der Waals surface area contributed by atoms with Crippen LogP contribution >= 0.6 is 0 Å².